The van der Waals surface area contributed by atoms with E-state index in [1.54, 1.807) is 6.26 Å². The number of nitrogens with zero attached hydrogens (tertiary/aromatic N) is 1. The maximum absolute atomic E-state index is 5.26. The molecule has 80 valence electrons. The van der Waals surface area contributed by atoms with Crippen molar-refractivity contribution in [3.05, 3.63) is 30.2 Å². The molecule has 0 aliphatic heterocycles. The maximum atomic E-state index is 5.26. The molecule has 0 aliphatic carbocycles. The first-order valence-corrected chi connectivity index (χ1v) is 5.13. The summed E-state index contributed by atoms with van der Waals surface area (Å²) in [5.74, 6) is 0.811. The number of aromatic nitrogens is 2. The van der Waals surface area contributed by atoms with E-state index >= 15 is 0 Å². The summed E-state index contributed by atoms with van der Waals surface area (Å²) in [7, 11) is 1.96. The molecule has 0 saturated carbocycles. The second-order valence-corrected chi connectivity index (χ2v) is 3.46. The normalized spacial score (nSPS) is 10.7. The van der Waals surface area contributed by atoms with Gasteiger partial charge in [0.2, 0.25) is 0 Å². The van der Waals surface area contributed by atoms with Gasteiger partial charge in [0, 0.05) is 5.69 Å². The maximum Gasteiger partial charge on any atom is 0.154 e. The van der Waals surface area contributed by atoms with E-state index in [1.807, 2.05) is 25.2 Å². The molecular formula is C11H15N3O. The van der Waals surface area contributed by atoms with Gasteiger partial charge in [-0.05, 0) is 44.6 Å². The average Bonchev–Trinajstić information content (AvgIpc) is 2.87. The minimum Gasteiger partial charge on any atom is -0.463 e. The van der Waals surface area contributed by atoms with Gasteiger partial charge in [-0.2, -0.15) is 5.10 Å². The molecule has 2 aromatic rings. The largest absolute Gasteiger partial charge is 0.463 e. The van der Waals surface area contributed by atoms with E-state index in [0.717, 1.165) is 36.5 Å². The SMILES string of the molecule is CNCCCc1cc(-c2ccco2)n[nH]1. The summed E-state index contributed by atoms with van der Waals surface area (Å²) in [4.78, 5) is 0. The molecule has 2 N–H and O–H groups in total. The Kier molecular flexibility index (Phi) is 3.19. The smallest absolute Gasteiger partial charge is 0.154 e. The topological polar surface area (TPSA) is 53.9 Å². The van der Waals surface area contributed by atoms with Crippen molar-refractivity contribution in [1.82, 2.24) is 15.5 Å². The molecule has 0 aliphatic rings. The van der Waals surface area contributed by atoms with Gasteiger partial charge < -0.3 is 9.73 Å². The standard InChI is InChI=1S/C11H15N3O/c1-12-6-2-4-9-8-10(14-13-9)11-5-3-7-15-11/h3,5,7-8,12H,2,4,6H2,1H3,(H,13,14). The fourth-order valence-corrected chi connectivity index (χ4v) is 1.50. The van der Waals surface area contributed by atoms with E-state index in [0.29, 0.717) is 0 Å². The lowest BCUT2D eigenvalue weighted by molar-refractivity contribution is 0.580. The van der Waals surface area contributed by atoms with Crippen LogP contribution in [-0.2, 0) is 6.42 Å². The predicted molar refractivity (Wildman–Crippen MR) is 58.5 cm³/mol. The Morgan fingerprint density at radius 2 is 2.47 bits per heavy atom. The van der Waals surface area contributed by atoms with Crippen LogP contribution < -0.4 is 5.32 Å². The molecule has 0 bridgehead atoms. The quantitative estimate of drug-likeness (QED) is 0.732. The molecule has 2 rings (SSSR count). The van der Waals surface area contributed by atoms with Gasteiger partial charge in [-0.1, -0.05) is 0 Å². The van der Waals surface area contributed by atoms with Crippen molar-refractivity contribution in [2.75, 3.05) is 13.6 Å². The molecule has 0 fully saturated rings. The fraction of sp³-hybridized carbons (Fsp3) is 0.364. The van der Waals surface area contributed by atoms with Crippen LogP contribution in [0.2, 0.25) is 0 Å². The average molecular weight is 205 g/mol. The number of hydrogen-bond acceptors (Lipinski definition) is 3. The molecule has 15 heavy (non-hydrogen) atoms. The Hall–Kier alpha value is -1.55. The molecule has 4 nitrogen and oxygen atoms in total. The van der Waals surface area contributed by atoms with Crippen molar-refractivity contribution >= 4 is 0 Å². The molecule has 2 aromatic heterocycles. The third kappa shape index (κ3) is 2.47. The number of aromatic amines is 1. The van der Waals surface area contributed by atoms with Gasteiger partial charge in [-0.15, -0.1) is 0 Å². The zero-order chi connectivity index (χ0) is 10.5. The second kappa shape index (κ2) is 4.79. The van der Waals surface area contributed by atoms with E-state index < -0.39 is 0 Å². The Morgan fingerprint density at radius 1 is 1.53 bits per heavy atom. The molecule has 0 atom stereocenters. The highest BCUT2D eigenvalue weighted by atomic mass is 16.3. The molecule has 2 heterocycles. The Morgan fingerprint density at radius 3 is 3.20 bits per heavy atom. The summed E-state index contributed by atoms with van der Waals surface area (Å²) in [5, 5.41) is 10.3. The third-order valence-electron chi connectivity index (χ3n) is 2.28. The van der Waals surface area contributed by atoms with Crippen molar-refractivity contribution in [2.45, 2.75) is 12.8 Å². The van der Waals surface area contributed by atoms with Crippen molar-refractivity contribution in [1.29, 1.82) is 0 Å². The van der Waals surface area contributed by atoms with Gasteiger partial charge in [-0.3, -0.25) is 5.10 Å². The van der Waals surface area contributed by atoms with Gasteiger partial charge in [0.05, 0.1) is 6.26 Å². The Labute approximate surface area is 88.7 Å². The van der Waals surface area contributed by atoms with E-state index in [-0.39, 0.29) is 0 Å². The van der Waals surface area contributed by atoms with Crippen LogP contribution in [-0.4, -0.2) is 23.8 Å². The molecule has 0 aromatic carbocycles. The molecule has 0 saturated heterocycles. The van der Waals surface area contributed by atoms with Crippen LogP contribution in [0.15, 0.2) is 28.9 Å². The highest BCUT2D eigenvalue weighted by Crippen LogP contribution is 2.18. The first-order valence-electron chi connectivity index (χ1n) is 5.13. The number of aryl methyl sites for hydroxylation is 1. The number of rotatable bonds is 5. The van der Waals surface area contributed by atoms with Crippen LogP contribution in [0.1, 0.15) is 12.1 Å². The van der Waals surface area contributed by atoms with Crippen molar-refractivity contribution in [2.24, 2.45) is 0 Å². The number of H-pyrrole nitrogens is 1. The predicted octanol–water partition coefficient (Wildman–Crippen LogP) is 1.82. The highest BCUT2D eigenvalue weighted by molar-refractivity contribution is 5.51. The van der Waals surface area contributed by atoms with Crippen molar-refractivity contribution in [3.8, 4) is 11.5 Å². The fourth-order valence-electron chi connectivity index (χ4n) is 1.50. The molecule has 0 amide bonds. The van der Waals surface area contributed by atoms with Crippen LogP contribution >= 0.6 is 0 Å². The van der Waals surface area contributed by atoms with Crippen LogP contribution in [0.25, 0.3) is 11.5 Å². The Bertz CT molecular complexity index is 392. The van der Waals surface area contributed by atoms with Gasteiger partial charge in [0.1, 0.15) is 5.69 Å². The summed E-state index contributed by atoms with van der Waals surface area (Å²) in [6, 6.07) is 5.81. The van der Waals surface area contributed by atoms with E-state index in [9.17, 15) is 0 Å². The van der Waals surface area contributed by atoms with Crippen LogP contribution in [0, 0.1) is 0 Å². The molecule has 0 unspecified atom stereocenters. The second-order valence-electron chi connectivity index (χ2n) is 3.46. The minimum absolute atomic E-state index is 0.811. The zero-order valence-electron chi connectivity index (χ0n) is 8.79. The van der Waals surface area contributed by atoms with E-state index in [2.05, 4.69) is 15.5 Å². The van der Waals surface area contributed by atoms with E-state index in [4.69, 9.17) is 4.42 Å². The molecule has 0 spiro atoms. The Balaban J connectivity index is 1.98. The lowest BCUT2D eigenvalue weighted by Gasteiger charge is -1.95. The van der Waals surface area contributed by atoms with Gasteiger partial charge in [0.25, 0.3) is 0 Å². The molecule has 0 radical (unpaired) electrons. The first-order chi connectivity index (χ1) is 7.40. The van der Waals surface area contributed by atoms with Gasteiger partial charge in [0.15, 0.2) is 5.76 Å². The number of hydrogen-bond donors (Lipinski definition) is 2. The zero-order valence-corrected chi connectivity index (χ0v) is 8.79. The summed E-state index contributed by atoms with van der Waals surface area (Å²) in [6.45, 7) is 1.02. The van der Waals surface area contributed by atoms with Crippen LogP contribution in [0.5, 0.6) is 0 Å². The first kappa shape index (κ1) is 9.98. The lowest BCUT2D eigenvalue weighted by Crippen LogP contribution is -2.08. The summed E-state index contributed by atoms with van der Waals surface area (Å²) < 4.78 is 5.26. The van der Waals surface area contributed by atoms with Crippen molar-refractivity contribution < 1.29 is 4.42 Å². The third-order valence-corrected chi connectivity index (χ3v) is 2.28. The minimum atomic E-state index is 0.811. The molecular weight excluding hydrogens is 190 g/mol. The number of nitrogens with one attached hydrogen (secondary N) is 2. The monoisotopic (exact) mass is 205 g/mol. The lowest BCUT2D eigenvalue weighted by atomic mass is 10.2. The summed E-state index contributed by atoms with van der Waals surface area (Å²) in [6.07, 6.45) is 3.77. The molecule has 4 heteroatoms. The highest BCUT2D eigenvalue weighted by Gasteiger charge is 2.05. The van der Waals surface area contributed by atoms with Gasteiger partial charge in [-0.25, -0.2) is 0 Å². The van der Waals surface area contributed by atoms with Crippen molar-refractivity contribution in [3.63, 3.8) is 0 Å². The number of furan rings is 1. The van der Waals surface area contributed by atoms with Crippen LogP contribution in [0.3, 0.4) is 0 Å². The van der Waals surface area contributed by atoms with E-state index in [1.165, 1.54) is 0 Å². The summed E-state index contributed by atoms with van der Waals surface area (Å²) >= 11 is 0. The summed E-state index contributed by atoms with van der Waals surface area (Å²) in [5.41, 5.74) is 2.02. The van der Waals surface area contributed by atoms with Crippen LogP contribution in [0.4, 0.5) is 0 Å². The van der Waals surface area contributed by atoms with Gasteiger partial charge >= 0.3 is 0 Å².